The van der Waals surface area contributed by atoms with E-state index in [1.807, 2.05) is 18.2 Å². The second kappa shape index (κ2) is 7.35. The summed E-state index contributed by atoms with van der Waals surface area (Å²) < 4.78 is 5.71. The third-order valence-electron chi connectivity index (χ3n) is 4.27. The van der Waals surface area contributed by atoms with Crippen LogP contribution in [-0.2, 0) is 6.54 Å². The quantitative estimate of drug-likeness (QED) is 0.848. The minimum atomic E-state index is 0.159. The molecule has 122 valence electrons. The van der Waals surface area contributed by atoms with Crippen LogP contribution in [0.5, 0.6) is 5.75 Å². The number of rotatable bonds is 5. The molecule has 0 saturated carbocycles. The lowest BCUT2D eigenvalue weighted by molar-refractivity contribution is 0.233. The molecule has 1 aliphatic rings. The fourth-order valence-corrected chi connectivity index (χ4v) is 3.27. The van der Waals surface area contributed by atoms with Gasteiger partial charge < -0.3 is 14.7 Å². The van der Waals surface area contributed by atoms with Gasteiger partial charge in [0, 0.05) is 37.1 Å². The second-order valence-electron chi connectivity index (χ2n) is 6.09. The zero-order valence-electron chi connectivity index (χ0n) is 13.3. The largest absolute Gasteiger partial charge is 0.493 e. The lowest BCUT2D eigenvalue weighted by Crippen LogP contribution is -2.31. The molecular formula is C19H22ClNO2. The maximum absolute atomic E-state index is 8.86. The van der Waals surface area contributed by atoms with Crippen molar-refractivity contribution in [3.8, 4) is 5.75 Å². The Morgan fingerprint density at radius 1 is 1.22 bits per heavy atom. The number of ether oxygens (including phenoxy) is 1. The number of fused-ring (bicyclic) bond motifs is 1. The van der Waals surface area contributed by atoms with Crippen molar-refractivity contribution >= 4 is 11.6 Å². The summed E-state index contributed by atoms with van der Waals surface area (Å²) in [7, 11) is 2.14. The Hall–Kier alpha value is -1.55. The van der Waals surface area contributed by atoms with Gasteiger partial charge in [-0.1, -0.05) is 29.8 Å². The van der Waals surface area contributed by atoms with Gasteiger partial charge in [0.2, 0.25) is 0 Å². The number of halogens is 1. The fraction of sp³-hybridized carbons (Fsp3) is 0.368. The summed E-state index contributed by atoms with van der Waals surface area (Å²) in [6.07, 6.45) is 0.657. The van der Waals surface area contributed by atoms with E-state index in [0.29, 0.717) is 18.9 Å². The highest BCUT2D eigenvalue weighted by Crippen LogP contribution is 2.35. The molecular weight excluding hydrogens is 310 g/mol. The van der Waals surface area contributed by atoms with Crippen molar-refractivity contribution in [1.82, 2.24) is 4.90 Å². The number of hydrogen-bond donors (Lipinski definition) is 1. The van der Waals surface area contributed by atoms with Gasteiger partial charge >= 0.3 is 0 Å². The van der Waals surface area contributed by atoms with Crippen LogP contribution < -0.4 is 4.74 Å². The first-order chi connectivity index (χ1) is 11.2. The van der Waals surface area contributed by atoms with Crippen LogP contribution in [0.3, 0.4) is 0 Å². The number of benzene rings is 2. The number of hydrogen-bond acceptors (Lipinski definition) is 3. The highest BCUT2D eigenvalue weighted by molar-refractivity contribution is 6.30. The van der Waals surface area contributed by atoms with Crippen molar-refractivity contribution in [2.75, 3.05) is 26.8 Å². The molecule has 0 fully saturated rings. The Morgan fingerprint density at radius 2 is 2.00 bits per heavy atom. The summed E-state index contributed by atoms with van der Waals surface area (Å²) in [4.78, 5) is 2.33. The first-order valence-electron chi connectivity index (χ1n) is 7.98. The molecule has 1 N–H and O–H groups in total. The van der Waals surface area contributed by atoms with Crippen LogP contribution in [0.2, 0.25) is 5.02 Å². The molecule has 1 unspecified atom stereocenters. The average molecular weight is 332 g/mol. The standard InChI is InChI=1S/C19H22ClNO2/c1-21-12-15-11-17(23-10-2-9-22)7-8-18(15)19(13-21)14-3-5-16(20)6-4-14/h3-8,11,19,22H,2,9-10,12-13H2,1H3. The average Bonchev–Trinajstić information content (AvgIpc) is 2.55. The zero-order valence-corrected chi connectivity index (χ0v) is 14.1. The van der Waals surface area contributed by atoms with Gasteiger partial charge in [0.15, 0.2) is 0 Å². The Balaban J connectivity index is 1.87. The highest BCUT2D eigenvalue weighted by Gasteiger charge is 2.25. The maximum atomic E-state index is 8.86. The number of likely N-dealkylation sites (N-methyl/N-ethyl adjacent to an activating group) is 1. The third-order valence-corrected chi connectivity index (χ3v) is 4.52. The van der Waals surface area contributed by atoms with E-state index in [9.17, 15) is 0 Å². The number of aliphatic hydroxyl groups excluding tert-OH is 1. The Kier molecular flexibility index (Phi) is 5.21. The van der Waals surface area contributed by atoms with Crippen molar-refractivity contribution in [1.29, 1.82) is 0 Å². The van der Waals surface area contributed by atoms with Crippen molar-refractivity contribution in [2.45, 2.75) is 18.9 Å². The maximum Gasteiger partial charge on any atom is 0.119 e. The van der Waals surface area contributed by atoms with Crippen molar-refractivity contribution in [3.05, 3.63) is 64.2 Å². The number of nitrogens with zero attached hydrogens (tertiary/aromatic N) is 1. The molecule has 4 heteroatoms. The number of aliphatic hydroxyl groups is 1. The molecule has 0 bridgehead atoms. The summed E-state index contributed by atoms with van der Waals surface area (Å²) in [5, 5.41) is 9.62. The van der Waals surface area contributed by atoms with Crippen LogP contribution >= 0.6 is 11.6 Å². The van der Waals surface area contributed by atoms with Crippen molar-refractivity contribution in [2.24, 2.45) is 0 Å². The van der Waals surface area contributed by atoms with Gasteiger partial charge in [0.05, 0.1) is 6.61 Å². The molecule has 23 heavy (non-hydrogen) atoms. The van der Waals surface area contributed by atoms with E-state index in [2.05, 4.69) is 36.2 Å². The van der Waals surface area contributed by atoms with Gasteiger partial charge in [-0.2, -0.15) is 0 Å². The normalized spacial score (nSPS) is 17.8. The monoisotopic (exact) mass is 331 g/mol. The van der Waals surface area contributed by atoms with Crippen LogP contribution in [0.1, 0.15) is 29.0 Å². The van der Waals surface area contributed by atoms with E-state index in [4.69, 9.17) is 21.4 Å². The molecule has 3 rings (SSSR count). The van der Waals surface area contributed by atoms with Crippen LogP contribution in [-0.4, -0.2) is 36.8 Å². The van der Waals surface area contributed by atoms with Crippen LogP contribution in [0, 0.1) is 0 Å². The first kappa shape index (κ1) is 16.3. The molecule has 0 amide bonds. The van der Waals surface area contributed by atoms with E-state index >= 15 is 0 Å². The van der Waals surface area contributed by atoms with Gasteiger partial charge in [-0.25, -0.2) is 0 Å². The molecule has 3 nitrogen and oxygen atoms in total. The fourth-order valence-electron chi connectivity index (χ4n) is 3.15. The van der Waals surface area contributed by atoms with E-state index < -0.39 is 0 Å². The summed E-state index contributed by atoms with van der Waals surface area (Å²) in [5.41, 5.74) is 3.95. The summed E-state index contributed by atoms with van der Waals surface area (Å²) >= 11 is 6.02. The molecule has 0 spiro atoms. The highest BCUT2D eigenvalue weighted by atomic mass is 35.5. The molecule has 1 heterocycles. The molecule has 0 saturated heterocycles. The summed E-state index contributed by atoms with van der Waals surface area (Å²) in [5.74, 6) is 1.23. The van der Waals surface area contributed by atoms with Crippen LogP contribution in [0.25, 0.3) is 0 Å². The molecule has 0 aromatic heterocycles. The third kappa shape index (κ3) is 3.86. The predicted molar refractivity (Wildman–Crippen MR) is 93.3 cm³/mol. The van der Waals surface area contributed by atoms with Crippen molar-refractivity contribution < 1.29 is 9.84 Å². The Morgan fingerprint density at radius 3 is 2.74 bits per heavy atom. The minimum absolute atomic E-state index is 0.159. The minimum Gasteiger partial charge on any atom is -0.493 e. The van der Waals surface area contributed by atoms with Gasteiger partial charge in [0.25, 0.3) is 0 Å². The summed E-state index contributed by atoms with van der Waals surface area (Å²) in [6, 6.07) is 14.5. The Bertz CT molecular complexity index is 657. The van der Waals surface area contributed by atoms with E-state index in [-0.39, 0.29) is 6.61 Å². The van der Waals surface area contributed by atoms with Crippen molar-refractivity contribution in [3.63, 3.8) is 0 Å². The lowest BCUT2D eigenvalue weighted by atomic mass is 9.85. The molecule has 1 atom stereocenters. The SMILES string of the molecule is CN1Cc2cc(OCCCO)ccc2C(c2ccc(Cl)cc2)C1. The smallest absolute Gasteiger partial charge is 0.119 e. The van der Waals surface area contributed by atoms with Gasteiger partial charge in [-0.05, 0) is 48.0 Å². The second-order valence-corrected chi connectivity index (χ2v) is 6.52. The zero-order chi connectivity index (χ0) is 16.2. The molecule has 1 aliphatic heterocycles. The van der Waals surface area contributed by atoms with Gasteiger partial charge in [0.1, 0.15) is 5.75 Å². The predicted octanol–water partition coefficient (Wildman–Crippen LogP) is 3.68. The van der Waals surface area contributed by atoms with Crippen LogP contribution in [0.15, 0.2) is 42.5 Å². The Labute approximate surface area is 142 Å². The van der Waals surface area contributed by atoms with Gasteiger partial charge in [-0.15, -0.1) is 0 Å². The molecule has 0 radical (unpaired) electrons. The van der Waals surface area contributed by atoms with E-state index in [1.165, 1.54) is 16.7 Å². The lowest BCUT2D eigenvalue weighted by Gasteiger charge is -2.33. The molecule has 2 aromatic rings. The van der Waals surface area contributed by atoms with E-state index in [1.54, 1.807) is 0 Å². The molecule has 2 aromatic carbocycles. The first-order valence-corrected chi connectivity index (χ1v) is 8.35. The van der Waals surface area contributed by atoms with E-state index in [0.717, 1.165) is 23.9 Å². The van der Waals surface area contributed by atoms with Gasteiger partial charge in [-0.3, -0.25) is 0 Å². The molecule has 0 aliphatic carbocycles. The topological polar surface area (TPSA) is 32.7 Å². The van der Waals surface area contributed by atoms with Crippen LogP contribution in [0.4, 0.5) is 0 Å². The summed E-state index contributed by atoms with van der Waals surface area (Å²) in [6.45, 7) is 2.63.